The van der Waals surface area contributed by atoms with Gasteiger partial charge in [0.15, 0.2) is 0 Å². The first-order valence-electron chi connectivity index (χ1n) is 6.62. The molecule has 1 aromatic rings. The van der Waals surface area contributed by atoms with Crippen LogP contribution in [-0.2, 0) is 11.2 Å². The van der Waals surface area contributed by atoms with Gasteiger partial charge in [-0.2, -0.15) is 0 Å². The van der Waals surface area contributed by atoms with Crippen molar-refractivity contribution in [3.05, 3.63) is 29.8 Å². The van der Waals surface area contributed by atoms with E-state index in [9.17, 15) is 0 Å². The van der Waals surface area contributed by atoms with E-state index in [-0.39, 0.29) is 6.61 Å². The zero-order valence-corrected chi connectivity index (χ0v) is 11.4. The number of aliphatic hydroxyl groups is 1. The molecule has 3 nitrogen and oxygen atoms in total. The third-order valence-corrected chi connectivity index (χ3v) is 2.66. The second kappa shape index (κ2) is 8.95. The maximum absolute atomic E-state index is 8.80. The molecular formula is C15H24O3. The van der Waals surface area contributed by atoms with Crippen LogP contribution >= 0.6 is 0 Å². The molecule has 102 valence electrons. The minimum absolute atomic E-state index is 0.184. The van der Waals surface area contributed by atoms with Crippen molar-refractivity contribution in [2.24, 2.45) is 5.92 Å². The molecule has 0 aliphatic carbocycles. The van der Waals surface area contributed by atoms with E-state index in [1.54, 1.807) is 0 Å². The second-order valence-corrected chi connectivity index (χ2v) is 4.76. The fourth-order valence-corrected chi connectivity index (χ4v) is 1.52. The van der Waals surface area contributed by atoms with Crippen molar-refractivity contribution in [1.82, 2.24) is 0 Å². The van der Waals surface area contributed by atoms with Gasteiger partial charge in [0.25, 0.3) is 0 Å². The van der Waals surface area contributed by atoms with Gasteiger partial charge < -0.3 is 14.6 Å². The molecule has 0 atom stereocenters. The molecule has 0 radical (unpaired) electrons. The van der Waals surface area contributed by atoms with E-state index in [1.165, 1.54) is 0 Å². The summed E-state index contributed by atoms with van der Waals surface area (Å²) < 4.78 is 11.0. The Bertz CT molecular complexity index is 306. The number of rotatable bonds is 9. The summed E-state index contributed by atoms with van der Waals surface area (Å²) in [5, 5.41) is 8.80. The van der Waals surface area contributed by atoms with Gasteiger partial charge in [-0.25, -0.2) is 0 Å². The molecule has 3 heteroatoms. The zero-order valence-electron chi connectivity index (χ0n) is 11.4. The molecule has 0 amide bonds. The first-order valence-corrected chi connectivity index (χ1v) is 6.62. The third kappa shape index (κ3) is 6.62. The normalized spacial score (nSPS) is 10.9. The molecular weight excluding hydrogens is 228 g/mol. The molecule has 0 aromatic heterocycles. The van der Waals surface area contributed by atoms with Crippen molar-refractivity contribution >= 4 is 0 Å². The molecule has 0 bridgehead atoms. The average Bonchev–Trinajstić information content (AvgIpc) is 2.35. The lowest BCUT2D eigenvalue weighted by Gasteiger charge is -2.08. The highest BCUT2D eigenvalue weighted by Crippen LogP contribution is 2.12. The molecule has 0 aliphatic heterocycles. The lowest BCUT2D eigenvalue weighted by Crippen LogP contribution is -2.08. The number of hydrogen-bond acceptors (Lipinski definition) is 3. The number of hydrogen-bond donors (Lipinski definition) is 1. The van der Waals surface area contributed by atoms with Crippen LogP contribution in [0.4, 0.5) is 0 Å². The molecule has 0 saturated heterocycles. The number of ether oxygens (including phenoxy) is 2. The summed E-state index contributed by atoms with van der Waals surface area (Å²) in [5.41, 5.74) is 1.12. The topological polar surface area (TPSA) is 38.7 Å². The monoisotopic (exact) mass is 252 g/mol. The Hall–Kier alpha value is -1.06. The second-order valence-electron chi connectivity index (χ2n) is 4.76. The van der Waals surface area contributed by atoms with E-state index in [1.807, 2.05) is 24.3 Å². The summed E-state index contributed by atoms with van der Waals surface area (Å²) in [6.07, 6.45) is 1.79. The molecule has 0 saturated carbocycles. The molecule has 0 heterocycles. The predicted molar refractivity (Wildman–Crippen MR) is 73.0 cm³/mol. The van der Waals surface area contributed by atoms with Crippen molar-refractivity contribution in [3.63, 3.8) is 0 Å². The Morgan fingerprint density at radius 1 is 1.06 bits per heavy atom. The van der Waals surface area contributed by atoms with Crippen molar-refractivity contribution in [2.75, 3.05) is 26.4 Å². The molecule has 1 rings (SSSR count). The Morgan fingerprint density at radius 2 is 1.78 bits per heavy atom. The zero-order chi connectivity index (χ0) is 13.2. The SMILES string of the molecule is CC(C)CCOCCOc1ccc(CCO)cc1. The Morgan fingerprint density at radius 3 is 2.39 bits per heavy atom. The van der Waals surface area contributed by atoms with Crippen LogP contribution in [0.25, 0.3) is 0 Å². The molecule has 0 aliphatic rings. The van der Waals surface area contributed by atoms with Crippen LogP contribution in [0.2, 0.25) is 0 Å². The molecule has 0 spiro atoms. The first-order chi connectivity index (χ1) is 8.72. The maximum atomic E-state index is 8.80. The van der Waals surface area contributed by atoms with Gasteiger partial charge in [0.05, 0.1) is 6.61 Å². The maximum Gasteiger partial charge on any atom is 0.119 e. The van der Waals surface area contributed by atoms with Crippen LogP contribution < -0.4 is 4.74 Å². The van der Waals surface area contributed by atoms with Gasteiger partial charge in [-0.1, -0.05) is 26.0 Å². The largest absolute Gasteiger partial charge is 0.491 e. The quantitative estimate of drug-likeness (QED) is 0.687. The molecule has 1 N–H and O–H groups in total. The van der Waals surface area contributed by atoms with Gasteiger partial charge in [-0.3, -0.25) is 0 Å². The summed E-state index contributed by atoms with van der Waals surface area (Å²) in [6, 6.07) is 7.81. The van der Waals surface area contributed by atoms with Gasteiger partial charge in [0.2, 0.25) is 0 Å². The van der Waals surface area contributed by atoms with E-state index in [2.05, 4.69) is 13.8 Å². The van der Waals surface area contributed by atoms with Crippen molar-refractivity contribution in [3.8, 4) is 5.75 Å². The minimum Gasteiger partial charge on any atom is -0.491 e. The predicted octanol–water partition coefficient (Wildman–Crippen LogP) is 2.66. The van der Waals surface area contributed by atoms with Gasteiger partial charge in [-0.05, 0) is 36.5 Å². The third-order valence-electron chi connectivity index (χ3n) is 2.66. The van der Waals surface area contributed by atoms with E-state index in [4.69, 9.17) is 14.6 Å². The lowest BCUT2D eigenvalue weighted by molar-refractivity contribution is 0.0926. The summed E-state index contributed by atoms with van der Waals surface area (Å²) in [7, 11) is 0. The summed E-state index contributed by atoms with van der Waals surface area (Å²) in [5.74, 6) is 1.54. The van der Waals surface area contributed by atoms with Crippen LogP contribution in [-0.4, -0.2) is 31.5 Å². The number of benzene rings is 1. The highest BCUT2D eigenvalue weighted by Gasteiger charge is 1.97. The van der Waals surface area contributed by atoms with E-state index >= 15 is 0 Å². The summed E-state index contributed by atoms with van der Waals surface area (Å²) in [6.45, 7) is 6.57. The van der Waals surface area contributed by atoms with Crippen LogP contribution in [0.1, 0.15) is 25.8 Å². The summed E-state index contributed by atoms with van der Waals surface area (Å²) >= 11 is 0. The van der Waals surface area contributed by atoms with Gasteiger partial charge >= 0.3 is 0 Å². The molecule has 1 aromatic carbocycles. The molecule has 0 unspecified atom stereocenters. The lowest BCUT2D eigenvalue weighted by atomic mass is 10.1. The highest BCUT2D eigenvalue weighted by molar-refractivity contribution is 5.27. The Kier molecular flexibility index (Phi) is 7.46. The van der Waals surface area contributed by atoms with Crippen molar-refractivity contribution < 1.29 is 14.6 Å². The summed E-state index contributed by atoms with van der Waals surface area (Å²) in [4.78, 5) is 0. The van der Waals surface area contributed by atoms with E-state index in [0.29, 0.717) is 25.6 Å². The minimum atomic E-state index is 0.184. The smallest absolute Gasteiger partial charge is 0.119 e. The standard InChI is InChI=1S/C15H24O3/c1-13(2)8-10-17-11-12-18-15-5-3-14(4-6-15)7-9-16/h3-6,13,16H,7-12H2,1-2H3. The fourth-order valence-electron chi connectivity index (χ4n) is 1.52. The first kappa shape index (κ1) is 15.0. The van der Waals surface area contributed by atoms with Crippen LogP contribution in [0.5, 0.6) is 5.75 Å². The molecule has 18 heavy (non-hydrogen) atoms. The van der Waals surface area contributed by atoms with Gasteiger partial charge in [-0.15, -0.1) is 0 Å². The Labute approximate surface area is 110 Å². The highest BCUT2D eigenvalue weighted by atomic mass is 16.5. The van der Waals surface area contributed by atoms with E-state index in [0.717, 1.165) is 24.3 Å². The van der Waals surface area contributed by atoms with Gasteiger partial charge in [0, 0.05) is 13.2 Å². The van der Waals surface area contributed by atoms with E-state index < -0.39 is 0 Å². The van der Waals surface area contributed by atoms with Crippen molar-refractivity contribution in [1.29, 1.82) is 0 Å². The fraction of sp³-hybridized carbons (Fsp3) is 0.600. The average molecular weight is 252 g/mol. The van der Waals surface area contributed by atoms with Crippen molar-refractivity contribution in [2.45, 2.75) is 26.7 Å². The van der Waals surface area contributed by atoms with Crippen LogP contribution in [0.15, 0.2) is 24.3 Å². The van der Waals surface area contributed by atoms with Gasteiger partial charge in [0.1, 0.15) is 12.4 Å². The van der Waals surface area contributed by atoms with Crippen LogP contribution in [0, 0.1) is 5.92 Å². The number of aliphatic hydroxyl groups excluding tert-OH is 1. The Balaban J connectivity index is 2.11. The molecule has 0 fully saturated rings. The van der Waals surface area contributed by atoms with Crippen LogP contribution in [0.3, 0.4) is 0 Å².